The zero-order chi connectivity index (χ0) is 11.4. The van der Waals surface area contributed by atoms with Gasteiger partial charge in [-0.05, 0) is 20.3 Å². The molecule has 0 saturated carbocycles. The third-order valence-corrected chi connectivity index (χ3v) is 1.89. The summed E-state index contributed by atoms with van der Waals surface area (Å²) in [4.78, 5) is 21.4. The van der Waals surface area contributed by atoms with E-state index in [1.54, 1.807) is 13.8 Å². The van der Waals surface area contributed by atoms with E-state index in [0.29, 0.717) is 0 Å². The van der Waals surface area contributed by atoms with E-state index in [4.69, 9.17) is 5.11 Å². The highest BCUT2D eigenvalue weighted by atomic mass is 35.5. The average Bonchev–Trinajstić information content (AvgIpc) is 1.99. The third kappa shape index (κ3) is 7.44. The Morgan fingerprint density at radius 1 is 1.38 bits per heavy atom. The van der Waals surface area contributed by atoms with E-state index in [2.05, 4.69) is 4.74 Å². The van der Waals surface area contributed by atoms with Gasteiger partial charge in [0.2, 0.25) is 0 Å². The van der Waals surface area contributed by atoms with Gasteiger partial charge in [-0.1, -0.05) is 0 Å². The van der Waals surface area contributed by atoms with Crippen molar-refractivity contribution < 1.29 is 24.5 Å². The summed E-state index contributed by atoms with van der Waals surface area (Å²) >= 11 is 0. The Kier molecular flexibility index (Phi) is 10.7. The Balaban J connectivity index is -0.000000845. The van der Waals surface area contributed by atoms with Crippen molar-refractivity contribution in [2.75, 3.05) is 7.11 Å². The molecule has 16 heavy (non-hydrogen) atoms. The van der Waals surface area contributed by atoms with Gasteiger partial charge in [0.15, 0.2) is 0 Å². The lowest BCUT2D eigenvalue weighted by molar-refractivity contribution is -0.153. The number of aliphatic hydroxyl groups is 1. The minimum absolute atomic E-state index is 0. The molecule has 0 saturated heterocycles. The standard InChI is InChI=1S/C9H16O5.ClH.H3N/c1-9(2,8(13)14-3)5-6(10)4-7(11)12;;/h6,10H,4-5H2,1-3H3,(H,11,12);1H;1H3. The normalized spacial score (nSPS) is 11.8. The van der Waals surface area contributed by atoms with Crippen LogP contribution in [0.5, 0.6) is 0 Å². The molecule has 0 radical (unpaired) electrons. The number of esters is 1. The Hall–Kier alpha value is -0.850. The Morgan fingerprint density at radius 2 is 1.81 bits per heavy atom. The molecule has 0 aromatic heterocycles. The van der Waals surface area contributed by atoms with Gasteiger partial charge in [0.1, 0.15) is 0 Å². The van der Waals surface area contributed by atoms with Gasteiger partial charge in [-0.3, -0.25) is 9.59 Å². The van der Waals surface area contributed by atoms with Crippen molar-refractivity contribution in [3.63, 3.8) is 0 Å². The largest absolute Gasteiger partial charge is 0.481 e. The van der Waals surface area contributed by atoms with Crippen molar-refractivity contribution in [2.24, 2.45) is 5.41 Å². The number of carboxylic acid groups (broad SMARTS) is 1. The first-order valence-corrected chi connectivity index (χ1v) is 4.28. The molecule has 0 aliphatic rings. The fourth-order valence-electron chi connectivity index (χ4n) is 1.22. The summed E-state index contributed by atoms with van der Waals surface area (Å²) in [6.45, 7) is 3.20. The smallest absolute Gasteiger partial charge is 0.311 e. The molecule has 0 heterocycles. The SMILES string of the molecule is COC(=O)C(C)(C)CC(O)CC(=O)O.Cl.N. The van der Waals surface area contributed by atoms with Gasteiger partial charge in [0.05, 0.1) is 25.0 Å². The first kappa shape index (κ1) is 20.5. The molecular weight excluding hydrogens is 238 g/mol. The Morgan fingerprint density at radius 3 is 2.12 bits per heavy atom. The van der Waals surface area contributed by atoms with Crippen LogP contribution in [-0.2, 0) is 14.3 Å². The number of ether oxygens (including phenoxy) is 1. The first-order valence-electron chi connectivity index (χ1n) is 4.28. The number of aliphatic carboxylic acids is 1. The number of carboxylic acids is 1. The van der Waals surface area contributed by atoms with Crippen molar-refractivity contribution in [2.45, 2.75) is 32.8 Å². The van der Waals surface area contributed by atoms with Crippen molar-refractivity contribution in [1.29, 1.82) is 0 Å². The quantitative estimate of drug-likeness (QED) is 0.632. The first-order chi connectivity index (χ1) is 6.29. The number of hydrogen-bond donors (Lipinski definition) is 3. The molecule has 0 spiro atoms. The summed E-state index contributed by atoms with van der Waals surface area (Å²) in [5.74, 6) is -1.54. The molecule has 5 N–H and O–H groups in total. The highest BCUT2D eigenvalue weighted by Crippen LogP contribution is 2.24. The van der Waals surface area contributed by atoms with Crippen molar-refractivity contribution in [1.82, 2.24) is 6.15 Å². The molecule has 0 aliphatic heterocycles. The second kappa shape index (κ2) is 8.32. The lowest BCUT2D eigenvalue weighted by atomic mass is 9.86. The van der Waals surface area contributed by atoms with Crippen LogP contribution in [0.1, 0.15) is 26.7 Å². The summed E-state index contributed by atoms with van der Waals surface area (Å²) < 4.78 is 4.52. The van der Waals surface area contributed by atoms with Gasteiger partial charge in [-0.15, -0.1) is 12.4 Å². The van der Waals surface area contributed by atoms with Crippen LogP contribution in [0.3, 0.4) is 0 Å². The molecule has 0 fully saturated rings. The minimum atomic E-state index is -1.09. The molecule has 6 nitrogen and oxygen atoms in total. The predicted molar refractivity (Wildman–Crippen MR) is 60.9 cm³/mol. The van der Waals surface area contributed by atoms with Gasteiger partial charge in [0, 0.05) is 0 Å². The molecule has 0 rings (SSSR count). The maximum absolute atomic E-state index is 11.2. The van der Waals surface area contributed by atoms with E-state index in [-0.39, 0.29) is 31.4 Å². The predicted octanol–water partition coefficient (Wildman–Crippen LogP) is 0.995. The van der Waals surface area contributed by atoms with Crippen molar-refractivity contribution in [3.05, 3.63) is 0 Å². The molecule has 1 atom stereocenters. The van der Waals surface area contributed by atoms with Gasteiger partial charge in [-0.25, -0.2) is 0 Å². The second-order valence-electron chi connectivity index (χ2n) is 3.83. The van der Waals surface area contributed by atoms with E-state index < -0.39 is 23.5 Å². The van der Waals surface area contributed by atoms with Gasteiger partial charge < -0.3 is 21.1 Å². The molecule has 0 bridgehead atoms. The maximum atomic E-state index is 11.2. The van der Waals surface area contributed by atoms with E-state index in [0.717, 1.165) is 0 Å². The number of carbonyl (C=O) groups is 2. The Bertz CT molecular complexity index is 232. The molecule has 0 aromatic rings. The molecule has 0 aromatic carbocycles. The van der Waals surface area contributed by atoms with E-state index in [9.17, 15) is 14.7 Å². The molecule has 7 heteroatoms. The van der Waals surface area contributed by atoms with E-state index in [1.165, 1.54) is 7.11 Å². The van der Waals surface area contributed by atoms with Crippen molar-refractivity contribution in [3.8, 4) is 0 Å². The molecular formula is C9H20ClNO5. The van der Waals surface area contributed by atoms with Crippen LogP contribution in [0, 0.1) is 5.41 Å². The number of aliphatic hydroxyl groups excluding tert-OH is 1. The number of carbonyl (C=O) groups excluding carboxylic acids is 1. The Labute approximate surface area is 101 Å². The fourth-order valence-corrected chi connectivity index (χ4v) is 1.22. The van der Waals surface area contributed by atoms with Crippen LogP contribution >= 0.6 is 12.4 Å². The average molecular weight is 258 g/mol. The van der Waals surface area contributed by atoms with Crippen molar-refractivity contribution >= 4 is 24.3 Å². The number of methoxy groups -OCH3 is 1. The minimum Gasteiger partial charge on any atom is -0.481 e. The van der Waals surface area contributed by atoms with Crippen LogP contribution < -0.4 is 6.15 Å². The second-order valence-corrected chi connectivity index (χ2v) is 3.83. The van der Waals surface area contributed by atoms with Crippen LogP contribution in [0.15, 0.2) is 0 Å². The highest BCUT2D eigenvalue weighted by Gasteiger charge is 2.31. The maximum Gasteiger partial charge on any atom is 0.311 e. The fraction of sp³-hybridized carbons (Fsp3) is 0.778. The van der Waals surface area contributed by atoms with E-state index in [1.807, 2.05) is 0 Å². The van der Waals surface area contributed by atoms with Crippen LogP contribution in [0.2, 0.25) is 0 Å². The lowest BCUT2D eigenvalue weighted by Gasteiger charge is -2.23. The number of halogens is 1. The summed E-state index contributed by atoms with van der Waals surface area (Å²) in [7, 11) is 1.26. The summed E-state index contributed by atoms with van der Waals surface area (Å²) in [6.07, 6.45) is -1.31. The molecule has 98 valence electrons. The number of rotatable bonds is 5. The summed E-state index contributed by atoms with van der Waals surface area (Å²) in [6, 6.07) is 0. The highest BCUT2D eigenvalue weighted by molar-refractivity contribution is 5.85. The van der Waals surface area contributed by atoms with Gasteiger partial charge in [-0.2, -0.15) is 0 Å². The van der Waals surface area contributed by atoms with Gasteiger partial charge >= 0.3 is 11.9 Å². The zero-order valence-corrected chi connectivity index (χ0v) is 10.5. The topological polar surface area (TPSA) is 119 Å². The van der Waals surface area contributed by atoms with Crippen LogP contribution in [0.25, 0.3) is 0 Å². The molecule has 0 amide bonds. The monoisotopic (exact) mass is 257 g/mol. The van der Waals surface area contributed by atoms with E-state index >= 15 is 0 Å². The summed E-state index contributed by atoms with van der Waals surface area (Å²) in [5.41, 5.74) is -0.858. The lowest BCUT2D eigenvalue weighted by Crippen LogP contribution is -2.31. The molecule has 1 unspecified atom stereocenters. The summed E-state index contributed by atoms with van der Waals surface area (Å²) in [5, 5.41) is 17.7. The van der Waals surface area contributed by atoms with Crippen LogP contribution in [0.4, 0.5) is 0 Å². The van der Waals surface area contributed by atoms with Crippen LogP contribution in [-0.4, -0.2) is 35.4 Å². The zero-order valence-electron chi connectivity index (χ0n) is 9.73. The number of hydrogen-bond acceptors (Lipinski definition) is 5. The molecule has 0 aliphatic carbocycles. The third-order valence-electron chi connectivity index (χ3n) is 1.89. The van der Waals surface area contributed by atoms with Gasteiger partial charge in [0.25, 0.3) is 0 Å².